The second-order valence-corrected chi connectivity index (χ2v) is 6.46. The lowest BCUT2D eigenvalue weighted by molar-refractivity contribution is 0.182. The maximum Gasteiger partial charge on any atom is 0.193 e. The third-order valence-corrected chi connectivity index (χ3v) is 4.63. The molecule has 0 radical (unpaired) electrons. The summed E-state index contributed by atoms with van der Waals surface area (Å²) in [5.74, 6) is 1.74. The molecule has 1 saturated heterocycles. The minimum atomic E-state index is 0. The number of ether oxygens (including phenoxy) is 1. The topological polar surface area (TPSA) is 54.7 Å². The minimum Gasteiger partial charge on any atom is -0.383 e. The fraction of sp³-hybridized carbons (Fsp3) is 0.765. The molecule has 1 aliphatic heterocycles. The fourth-order valence-electron chi connectivity index (χ4n) is 3.27. The van der Waals surface area contributed by atoms with Gasteiger partial charge in [0.2, 0.25) is 0 Å². The van der Waals surface area contributed by atoms with Gasteiger partial charge in [0, 0.05) is 45.0 Å². The van der Waals surface area contributed by atoms with E-state index in [0.717, 1.165) is 43.8 Å². The smallest absolute Gasteiger partial charge is 0.193 e. The van der Waals surface area contributed by atoms with Crippen LogP contribution in [0.1, 0.15) is 36.7 Å². The van der Waals surface area contributed by atoms with E-state index in [4.69, 9.17) is 4.74 Å². The summed E-state index contributed by atoms with van der Waals surface area (Å²) in [6.07, 6.45) is 2.56. The number of rotatable bonds is 5. The molecule has 2 heterocycles. The highest BCUT2D eigenvalue weighted by Gasteiger charge is 2.20. The van der Waals surface area contributed by atoms with Gasteiger partial charge < -0.3 is 15.0 Å². The number of nitrogens with zero attached hydrogens (tertiary/aromatic N) is 4. The number of nitrogens with one attached hydrogen (secondary N) is 1. The standard InChI is InChI=1S/C17H31N5O.HI/c1-13-7-6-8-21(12-13)17(18-4)19-11-16-14(2)20-22(15(16)3)9-10-23-5;/h13H,6-12H2,1-5H3,(H,18,19);1H. The second kappa shape index (κ2) is 10.2. The van der Waals surface area contributed by atoms with Crippen molar-refractivity contribution in [1.82, 2.24) is 20.0 Å². The lowest BCUT2D eigenvalue weighted by Crippen LogP contribution is -2.46. The Morgan fingerprint density at radius 2 is 2.17 bits per heavy atom. The van der Waals surface area contributed by atoms with Crippen molar-refractivity contribution in [1.29, 1.82) is 0 Å². The zero-order valence-corrected chi connectivity index (χ0v) is 18.0. The highest BCUT2D eigenvalue weighted by atomic mass is 127. The van der Waals surface area contributed by atoms with Crippen LogP contribution in [0, 0.1) is 19.8 Å². The summed E-state index contributed by atoms with van der Waals surface area (Å²) in [5, 5.41) is 8.14. The molecule has 0 aromatic carbocycles. The average Bonchev–Trinajstić information content (AvgIpc) is 2.80. The third kappa shape index (κ3) is 5.34. The van der Waals surface area contributed by atoms with Gasteiger partial charge in [-0.15, -0.1) is 24.0 Å². The zero-order valence-electron chi connectivity index (χ0n) is 15.6. The van der Waals surface area contributed by atoms with E-state index in [1.807, 2.05) is 11.7 Å². The molecule has 1 aliphatic rings. The quantitative estimate of drug-likeness (QED) is 0.427. The Morgan fingerprint density at radius 3 is 2.79 bits per heavy atom. The second-order valence-electron chi connectivity index (χ2n) is 6.46. The van der Waals surface area contributed by atoms with Crippen LogP contribution in [0.15, 0.2) is 4.99 Å². The summed E-state index contributed by atoms with van der Waals surface area (Å²) in [7, 11) is 3.58. The zero-order chi connectivity index (χ0) is 16.8. The molecule has 7 heteroatoms. The Balaban J connectivity index is 0.00000288. The van der Waals surface area contributed by atoms with E-state index in [9.17, 15) is 0 Å². The van der Waals surface area contributed by atoms with Gasteiger partial charge >= 0.3 is 0 Å². The van der Waals surface area contributed by atoms with Gasteiger partial charge in [0.05, 0.1) is 18.8 Å². The molecular weight excluding hydrogens is 417 g/mol. The number of aromatic nitrogens is 2. The first-order valence-corrected chi connectivity index (χ1v) is 8.54. The van der Waals surface area contributed by atoms with Crippen LogP contribution in [-0.2, 0) is 17.8 Å². The van der Waals surface area contributed by atoms with Crippen molar-refractivity contribution >= 4 is 29.9 Å². The van der Waals surface area contributed by atoms with E-state index in [0.29, 0.717) is 6.61 Å². The van der Waals surface area contributed by atoms with E-state index in [1.165, 1.54) is 24.1 Å². The van der Waals surface area contributed by atoms with Gasteiger partial charge in [-0.2, -0.15) is 5.10 Å². The van der Waals surface area contributed by atoms with E-state index in [1.54, 1.807) is 7.11 Å². The van der Waals surface area contributed by atoms with Crippen molar-refractivity contribution in [3.05, 3.63) is 17.0 Å². The SMILES string of the molecule is CN=C(NCc1c(C)nn(CCOC)c1C)N1CCCC(C)C1.I. The lowest BCUT2D eigenvalue weighted by Gasteiger charge is -2.33. The Labute approximate surface area is 163 Å². The van der Waals surface area contributed by atoms with Crippen LogP contribution in [0.5, 0.6) is 0 Å². The van der Waals surface area contributed by atoms with Crippen molar-refractivity contribution < 1.29 is 4.74 Å². The summed E-state index contributed by atoms with van der Waals surface area (Å²) in [6, 6.07) is 0. The molecule has 2 rings (SSSR count). The maximum absolute atomic E-state index is 5.15. The number of halogens is 1. The molecule has 1 unspecified atom stereocenters. The van der Waals surface area contributed by atoms with Crippen LogP contribution in [0.2, 0.25) is 0 Å². The molecule has 24 heavy (non-hydrogen) atoms. The molecule has 1 aromatic heterocycles. The summed E-state index contributed by atoms with van der Waals surface area (Å²) in [5.41, 5.74) is 3.54. The highest BCUT2D eigenvalue weighted by Crippen LogP contribution is 2.16. The average molecular weight is 449 g/mol. The summed E-state index contributed by atoms with van der Waals surface area (Å²) in [4.78, 5) is 6.83. The Morgan fingerprint density at radius 1 is 1.42 bits per heavy atom. The first kappa shape index (κ1) is 21.2. The Hall–Kier alpha value is -0.830. The molecule has 6 nitrogen and oxygen atoms in total. The van der Waals surface area contributed by atoms with E-state index >= 15 is 0 Å². The molecular formula is C17H32IN5O. The number of piperidine rings is 1. The van der Waals surface area contributed by atoms with Crippen LogP contribution in [0.4, 0.5) is 0 Å². The van der Waals surface area contributed by atoms with Gasteiger partial charge in [-0.3, -0.25) is 9.67 Å². The molecule has 1 fully saturated rings. The van der Waals surface area contributed by atoms with Gasteiger partial charge in [-0.1, -0.05) is 6.92 Å². The van der Waals surface area contributed by atoms with Crippen molar-refractivity contribution in [2.45, 2.75) is 46.7 Å². The van der Waals surface area contributed by atoms with Crippen molar-refractivity contribution in [2.24, 2.45) is 10.9 Å². The molecule has 138 valence electrons. The van der Waals surface area contributed by atoms with Crippen molar-refractivity contribution in [3.8, 4) is 0 Å². The number of hydrogen-bond acceptors (Lipinski definition) is 3. The molecule has 0 amide bonds. The number of aliphatic imine (C=N–C) groups is 1. The van der Waals surface area contributed by atoms with Gasteiger partial charge in [-0.05, 0) is 32.6 Å². The molecule has 1 N–H and O–H groups in total. The Bertz CT molecular complexity index is 543. The molecule has 0 spiro atoms. The first-order chi connectivity index (χ1) is 11.1. The van der Waals surface area contributed by atoms with Crippen molar-refractivity contribution in [3.63, 3.8) is 0 Å². The predicted octanol–water partition coefficient (Wildman–Crippen LogP) is 2.57. The van der Waals surface area contributed by atoms with Crippen molar-refractivity contribution in [2.75, 3.05) is 33.9 Å². The summed E-state index contributed by atoms with van der Waals surface area (Å²) >= 11 is 0. The predicted molar refractivity (Wildman–Crippen MR) is 109 cm³/mol. The lowest BCUT2D eigenvalue weighted by atomic mass is 10.0. The van der Waals surface area contributed by atoms with Gasteiger partial charge in [0.15, 0.2) is 5.96 Å². The van der Waals surface area contributed by atoms with Crippen LogP contribution in [-0.4, -0.2) is 54.5 Å². The minimum absolute atomic E-state index is 0. The van der Waals surface area contributed by atoms with E-state index < -0.39 is 0 Å². The number of methoxy groups -OCH3 is 1. The largest absolute Gasteiger partial charge is 0.383 e. The molecule has 0 aliphatic carbocycles. The summed E-state index contributed by atoms with van der Waals surface area (Å²) < 4.78 is 7.18. The van der Waals surface area contributed by atoms with E-state index in [2.05, 4.69) is 41.1 Å². The Kier molecular flexibility index (Phi) is 9.04. The number of aryl methyl sites for hydroxylation is 1. The van der Waals surface area contributed by atoms with Gasteiger partial charge in [0.25, 0.3) is 0 Å². The number of hydrogen-bond donors (Lipinski definition) is 1. The molecule has 0 bridgehead atoms. The monoisotopic (exact) mass is 449 g/mol. The maximum atomic E-state index is 5.15. The van der Waals surface area contributed by atoms with Crippen LogP contribution < -0.4 is 5.32 Å². The third-order valence-electron chi connectivity index (χ3n) is 4.63. The number of guanidine groups is 1. The molecule has 0 saturated carbocycles. The van der Waals surface area contributed by atoms with Gasteiger partial charge in [-0.25, -0.2) is 0 Å². The fourth-order valence-corrected chi connectivity index (χ4v) is 3.27. The normalized spacial score (nSPS) is 18.5. The highest BCUT2D eigenvalue weighted by molar-refractivity contribution is 14.0. The van der Waals surface area contributed by atoms with E-state index in [-0.39, 0.29) is 24.0 Å². The number of likely N-dealkylation sites (tertiary alicyclic amines) is 1. The van der Waals surface area contributed by atoms with Gasteiger partial charge in [0.1, 0.15) is 0 Å². The molecule has 1 aromatic rings. The first-order valence-electron chi connectivity index (χ1n) is 8.54. The van der Waals surface area contributed by atoms with Crippen LogP contribution in [0.3, 0.4) is 0 Å². The summed E-state index contributed by atoms with van der Waals surface area (Å²) in [6.45, 7) is 10.9. The van der Waals surface area contributed by atoms with Crippen LogP contribution in [0.25, 0.3) is 0 Å². The molecule has 1 atom stereocenters. The van der Waals surface area contributed by atoms with Crippen LogP contribution >= 0.6 is 24.0 Å².